The molecule has 0 saturated carbocycles. The Morgan fingerprint density at radius 2 is 2.19 bits per heavy atom. The zero-order chi connectivity index (χ0) is 15.4. The molecule has 0 radical (unpaired) electrons. The van der Waals surface area contributed by atoms with E-state index in [1.54, 1.807) is 6.26 Å². The summed E-state index contributed by atoms with van der Waals surface area (Å²) in [6, 6.07) is 6.25. The second-order valence-electron chi connectivity index (χ2n) is 5.45. The van der Waals surface area contributed by atoms with Gasteiger partial charge in [0.25, 0.3) is 5.91 Å². The van der Waals surface area contributed by atoms with Gasteiger partial charge in [0, 0.05) is 34.9 Å². The largest absolute Gasteiger partial charge is 0.482 e. The van der Waals surface area contributed by atoms with Crippen LogP contribution in [0.3, 0.4) is 0 Å². The zero-order valence-corrected chi connectivity index (χ0v) is 13.5. The Morgan fingerprint density at radius 3 is 2.90 bits per heavy atom. The number of anilines is 1. The van der Waals surface area contributed by atoms with E-state index in [4.69, 9.17) is 4.74 Å². The van der Waals surface area contributed by atoms with Crippen LogP contribution in [0.1, 0.15) is 31.9 Å². The first kappa shape index (κ1) is 16.0. The molecule has 1 aliphatic rings. The molecule has 5 nitrogen and oxygen atoms in total. The van der Waals surface area contributed by atoms with Crippen LogP contribution in [-0.4, -0.2) is 34.8 Å². The van der Waals surface area contributed by atoms with Crippen LogP contribution < -0.4 is 15.4 Å². The van der Waals surface area contributed by atoms with Crippen molar-refractivity contribution in [3.63, 3.8) is 0 Å². The molecule has 0 aromatic heterocycles. The van der Waals surface area contributed by atoms with Gasteiger partial charge in [-0.05, 0) is 38.0 Å². The van der Waals surface area contributed by atoms with Gasteiger partial charge in [0.2, 0.25) is 0 Å². The van der Waals surface area contributed by atoms with E-state index in [1.807, 2.05) is 18.2 Å². The maximum atomic E-state index is 11.4. The summed E-state index contributed by atoms with van der Waals surface area (Å²) in [5.41, 5.74) is 1.81. The van der Waals surface area contributed by atoms with Crippen LogP contribution in [0.15, 0.2) is 18.2 Å². The quantitative estimate of drug-likeness (QED) is 0.841. The van der Waals surface area contributed by atoms with E-state index < -0.39 is 10.8 Å². The Kier molecular flexibility index (Phi) is 5.36. The number of benzene rings is 1. The molecule has 1 amide bonds. The summed E-state index contributed by atoms with van der Waals surface area (Å²) in [6.07, 6.45) is 2.60. The van der Waals surface area contributed by atoms with Crippen LogP contribution in [-0.2, 0) is 15.6 Å². The minimum Gasteiger partial charge on any atom is -0.482 e. The zero-order valence-electron chi connectivity index (χ0n) is 12.6. The highest BCUT2D eigenvalue weighted by molar-refractivity contribution is 7.84. The van der Waals surface area contributed by atoms with Crippen molar-refractivity contribution >= 4 is 22.4 Å². The summed E-state index contributed by atoms with van der Waals surface area (Å²) in [5, 5.41) is 6.30. The lowest BCUT2D eigenvalue weighted by Gasteiger charge is -2.23. The number of hydrogen-bond acceptors (Lipinski definition) is 4. The molecule has 0 aliphatic carbocycles. The number of amides is 1. The number of ether oxygens (including phenoxy) is 1. The fourth-order valence-electron chi connectivity index (χ4n) is 2.32. The van der Waals surface area contributed by atoms with E-state index in [-0.39, 0.29) is 24.6 Å². The maximum absolute atomic E-state index is 11.4. The third-order valence-corrected chi connectivity index (χ3v) is 4.32. The summed E-state index contributed by atoms with van der Waals surface area (Å²) in [7, 11) is -0.755. The van der Waals surface area contributed by atoms with Crippen molar-refractivity contribution in [1.82, 2.24) is 5.32 Å². The lowest BCUT2D eigenvalue weighted by Crippen LogP contribution is -2.30. The second kappa shape index (κ2) is 7.04. The van der Waals surface area contributed by atoms with Gasteiger partial charge >= 0.3 is 0 Å². The Labute approximate surface area is 127 Å². The molecule has 1 aromatic rings. The molecule has 3 atom stereocenters. The smallest absolute Gasteiger partial charge is 0.262 e. The molecule has 3 unspecified atom stereocenters. The van der Waals surface area contributed by atoms with Crippen molar-refractivity contribution < 1.29 is 13.7 Å². The lowest BCUT2D eigenvalue weighted by atomic mass is 10.1. The Balaban J connectivity index is 1.99. The molecule has 116 valence electrons. The topological polar surface area (TPSA) is 67.4 Å². The van der Waals surface area contributed by atoms with E-state index in [0.29, 0.717) is 11.5 Å². The number of hydrogen-bond donors (Lipinski definition) is 2. The van der Waals surface area contributed by atoms with Crippen LogP contribution in [0.2, 0.25) is 0 Å². The predicted molar refractivity (Wildman–Crippen MR) is 85.1 cm³/mol. The van der Waals surface area contributed by atoms with Gasteiger partial charge in [-0.25, -0.2) is 0 Å². The number of carbonyl (C=O) groups excluding carboxylic acids is 1. The molecular weight excluding hydrogens is 288 g/mol. The molecule has 0 fully saturated rings. The van der Waals surface area contributed by atoms with E-state index in [2.05, 4.69) is 24.5 Å². The third-order valence-electron chi connectivity index (χ3n) is 3.51. The first-order chi connectivity index (χ1) is 9.95. The van der Waals surface area contributed by atoms with E-state index >= 15 is 0 Å². The van der Waals surface area contributed by atoms with E-state index in [9.17, 15) is 9.00 Å². The van der Waals surface area contributed by atoms with Crippen molar-refractivity contribution in [3.05, 3.63) is 23.8 Å². The van der Waals surface area contributed by atoms with Crippen LogP contribution in [0.5, 0.6) is 5.75 Å². The van der Waals surface area contributed by atoms with E-state index in [1.165, 1.54) is 0 Å². The summed E-state index contributed by atoms with van der Waals surface area (Å²) < 4.78 is 16.5. The maximum Gasteiger partial charge on any atom is 0.262 e. The molecule has 6 heteroatoms. The number of nitrogens with one attached hydrogen (secondary N) is 2. The van der Waals surface area contributed by atoms with Crippen LogP contribution in [0, 0.1) is 0 Å². The molecule has 21 heavy (non-hydrogen) atoms. The van der Waals surface area contributed by atoms with Crippen molar-refractivity contribution in [3.8, 4) is 5.75 Å². The molecule has 0 bridgehead atoms. The predicted octanol–water partition coefficient (Wildman–Crippen LogP) is 1.83. The first-order valence-corrected chi connectivity index (χ1v) is 8.81. The highest BCUT2D eigenvalue weighted by Gasteiger charge is 2.18. The van der Waals surface area contributed by atoms with Gasteiger partial charge in [0.05, 0.1) is 5.69 Å². The van der Waals surface area contributed by atoms with Gasteiger partial charge in [-0.2, -0.15) is 0 Å². The van der Waals surface area contributed by atoms with E-state index in [0.717, 1.165) is 17.7 Å². The Hall–Kier alpha value is -1.40. The number of fused-ring (bicyclic) bond motifs is 1. The average Bonchev–Trinajstić information content (AvgIpc) is 2.44. The first-order valence-electron chi connectivity index (χ1n) is 7.08. The lowest BCUT2D eigenvalue weighted by molar-refractivity contribution is -0.118. The minimum absolute atomic E-state index is 0.0747. The third kappa shape index (κ3) is 4.54. The fraction of sp³-hybridized carbons (Fsp3) is 0.533. The van der Waals surface area contributed by atoms with Crippen molar-refractivity contribution in [2.75, 3.05) is 23.9 Å². The Bertz CT molecular complexity index is 548. The highest BCUT2D eigenvalue weighted by atomic mass is 32.2. The molecule has 1 heterocycles. The summed E-state index contributed by atoms with van der Waals surface area (Å²) in [6.45, 7) is 4.24. The van der Waals surface area contributed by atoms with Crippen molar-refractivity contribution in [1.29, 1.82) is 0 Å². The minimum atomic E-state index is -0.755. The van der Waals surface area contributed by atoms with Crippen molar-refractivity contribution in [2.45, 2.75) is 32.4 Å². The summed E-state index contributed by atoms with van der Waals surface area (Å²) in [4.78, 5) is 11.4. The number of rotatable bonds is 6. The van der Waals surface area contributed by atoms with Crippen LogP contribution in [0.25, 0.3) is 0 Å². The molecule has 2 rings (SSSR count). The summed E-state index contributed by atoms with van der Waals surface area (Å²) in [5.74, 6) is 1.29. The molecule has 1 aromatic carbocycles. The van der Waals surface area contributed by atoms with Gasteiger partial charge in [-0.1, -0.05) is 6.07 Å². The average molecular weight is 310 g/mol. The normalized spacial score (nSPS) is 18.1. The SMILES string of the molecule is CC(CCS(C)=O)NC(C)c1ccc2c(c1)NC(=O)CO2. The van der Waals surface area contributed by atoms with Gasteiger partial charge in [-0.15, -0.1) is 0 Å². The molecule has 0 saturated heterocycles. The number of carbonyl (C=O) groups is 1. The second-order valence-corrected chi connectivity index (χ2v) is 7.00. The molecule has 2 N–H and O–H groups in total. The standard InChI is InChI=1S/C15H22N2O3S/c1-10(6-7-21(3)19)16-11(2)12-4-5-14-13(8-12)17-15(18)9-20-14/h4-5,8,10-11,16H,6-7,9H2,1-3H3,(H,17,18). The fourth-order valence-corrected chi connectivity index (χ4v) is 3.00. The monoisotopic (exact) mass is 310 g/mol. The van der Waals surface area contributed by atoms with Gasteiger partial charge in [0.1, 0.15) is 5.75 Å². The molecular formula is C15H22N2O3S. The molecule has 0 spiro atoms. The van der Waals surface area contributed by atoms with Gasteiger partial charge in [-0.3, -0.25) is 9.00 Å². The van der Waals surface area contributed by atoms with Crippen LogP contribution >= 0.6 is 0 Å². The van der Waals surface area contributed by atoms with Crippen LogP contribution in [0.4, 0.5) is 5.69 Å². The van der Waals surface area contributed by atoms with Gasteiger partial charge in [0.15, 0.2) is 6.61 Å². The highest BCUT2D eigenvalue weighted by Crippen LogP contribution is 2.30. The summed E-state index contributed by atoms with van der Waals surface area (Å²) >= 11 is 0. The Morgan fingerprint density at radius 1 is 1.43 bits per heavy atom. The van der Waals surface area contributed by atoms with Gasteiger partial charge < -0.3 is 15.4 Å². The molecule has 1 aliphatic heterocycles. The van der Waals surface area contributed by atoms with Crippen molar-refractivity contribution in [2.24, 2.45) is 0 Å².